The highest BCUT2D eigenvalue weighted by atomic mass is 15.1. The van der Waals surface area contributed by atoms with Gasteiger partial charge in [0.05, 0.1) is 16.7 Å². The number of hydrogen-bond donors (Lipinski definition) is 0. The van der Waals surface area contributed by atoms with E-state index in [0.717, 1.165) is 36.4 Å². The maximum absolute atomic E-state index is 4.98. The minimum absolute atomic E-state index is 0.878. The molecule has 6 aromatic carbocycles. The van der Waals surface area contributed by atoms with Gasteiger partial charge >= 0.3 is 0 Å². The molecule has 3 heteroatoms. The highest BCUT2D eigenvalue weighted by molar-refractivity contribution is 6.06. The third kappa shape index (κ3) is 4.46. The summed E-state index contributed by atoms with van der Waals surface area (Å²) in [7, 11) is 0. The molecule has 0 aliphatic carbocycles. The highest BCUT2D eigenvalue weighted by Gasteiger charge is 2.18. The first-order valence-electron chi connectivity index (χ1n) is 16.5. The fourth-order valence-electron chi connectivity index (χ4n) is 7.44. The Labute approximate surface area is 270 Å². The van der Waals surface area contributed by atoms with Crippen LogP contribution in [0.25, 0.3) is 77.6 Å². The Hall–Kier alpha value is -5.41. The lowest BCUT2D eigenvalue weighted by atomic mass is 9.90. The number of benzene rings is 6. The van der Waals surface area contributed by atoms with Gasteiger partial charge in [0.15, 0.2) is 0 Å². The summed E-state index contributed by atoms with van der Waals surface area (Å²) in [6.45, 7) is 8.52. The summed E-state index contributed by atoms with van der Waals surface area (Å²) in [5.74, 6) is 1.02. The Morgan fingerprint density at radius 1 is 0.500 bits per heavy atom. The van der Waals surface area contributed by atoms with E-state index in [0.29, 0.717) is 0 Å². The Balaban J connectivity index is 1.21. The van der Waals surface area contributed by atoms with E-state index in [9.17, 15) is 0 Å². The van der Waals surface area contributed by atoms with Crippen LogP contribution in [0.3, 0.4) is 0 Å². The zero-order valence-corrected chi connectivity index (χ0v) is 26.7. The van der Waals surface area contributed by atoms with Crippen LogP contribution in [0, 0.1) is 0 Å². The molecule has 0 aliphatic rings. The van der Waals surface area contributed by atoms with Crippen LogP contribution in [0.4, 0.5) is 0 Å². The molecule has 46 heavy (non-hydrogen) atoms. The van der Waals surface area contributed by atoms with Crippen LogP contribution in [0.1, 0.15) is 26.3 Å². The first-order chi connectivity index (χ1) is 22.7. The largest absolute Gasteiger partial charge is 0.341 e. The summed E-state index contributed by atoms with van der Waals surface area (Å²) in [6, 6.07) is 48.7. The summed E-state index contributed by atoms with van der Waals surface area (Å²) in [6.07, 6.45) is 1.01. The van der Waals surface area contributed by atoms with Gasteiger partial charge in [-0.25, -0.2) is 4.98 Å². The predicted octanol–water partition coefficient (Wildman–Crippen LogP) is 11.4. The average molecular weight is 596 g/mol. The quantitative estimate of drug-likeness (QED) is 0.180. The van der Waals surface area contributed by atoms with Crippen LogP contribution in [-0.4, -0.2) is 14.1 Å². The van der Waals surface area contributed by atoms with Gasteiger partial charge in [-0.2, -0.15) is 0 Å². The molecule has 0 bridgehead atoms. The second-order valence-corrected chi connectivity index (χ2v) is 12.0. The molecule has 0 saturated heterocycles. The van der Waals surface area contributed by atoms with Crippen molar-refractivity contribution in [1.82, 2.24) is 14.1 Å². The van der Waals surface area contributed by atoms with Crippen LogP contribution in [-0.2, 0) is 19.5 Å². The van der Waals surface area contributed by atoms with Gasteiger partial charge < -0.3 is 9.13 Å². The van der Waals surface area contributed by atoms with Gasteiger partial charge in [0.1, 0.15) is 5.82 Å². The lowest BCUT2D eigenvalue weighted by Crippen LogP contribution is -1.98. The summed E-state index contributed by atoms with van der Waals surface area (Å²) < 4.78 is 4.77. The fraction of sp³-hybridized carbons (Fsp3) is 0.140. The minimum atomic E-state index is 0.878. The smallest absolute Gasteiger partial charge is 0.141 e. The van der Waals surface area contributed by atoms with E-state index in [1.807, 2.05) is 0 Å². The number of para-hydroxylation sites is 3. The van der Waals surface area contributed by atoms with Crippen LogP contribution < -0.4 is 0 Å². The van der Waals surface area contributed by atoms with Gasteiger partial charge in [-0.3, -0.25) is 0 Å². The normalized spacial score (nSPS) is 11.6. The van der Waals surface area contributed by atoms with Crippen molar-refractivity contribution in [1.29, 1.82) is 0 Å². The molecule has 0 saturated carbocycles. The zero-order chi connectivity index (χ0) is 31.2. The number of hydrogen-bond acceptors (Lipinski definition) is 1. The van der Waals surface area contributed by atoms with Gasteiger partial charge in [0.2, 0.25) is 0 Å². The standard InChI is InChI=1S/C43H37N3/c1-4-34-37-15-7-9-19-39(37)45(5-2)42(34)32-25-21-29(22-26-32)35-16-11-13-31-14-12-17-36(41(31)35)30-23-27-33(28-24-30)43-44-38-18-8-10-20-40(38)46(43)6-3/h7-28H,4-6H2,1-3H3. The second kappa shape index (κ2) is 11.5. The molecule has 8 rings (SSSR count). The molecule has 0 unspecified atom stereocenters. The molecular formula is C43H37N3. The monoisotopic (exact) mass is 595 g/mol. The SMILES string of the molecule is CCc1c(-c2ccc(-c3cccc4cccc(-c5ccc(-c6nc7ccccc7n6CC)cc5)c34)cc2)n(CC)c2ccccc12. The molecule has 0 radical (unpaired) electrons. The van der Waals surface area contributed by atoms with Gasteiger partial charge in [-0.1, -0.05) is 122 Å². The first-order valence-corrected chi connectivity index (χ1v) is 16.5. The lowest BCUT2D eigenvalue weighted by molar-refractivity contribution is 0.796. The van der Waals surface area contributed by atoms with Crippen molar-refractivity contribution in [3.8, 4) is 44.9 Å². The highest BCUT2D eigenvalue weighted by Crippen LogP contribution is 2.39. The van der Waals surface area contributed by atoms with Crippen molar-refractivity contribution in [2.24, 2.45) is 0 Å². The molecular weight excluding hydrogens is 558 g/mol. The average Bonchev–Trinajstić information content (AvgIpc) is 3.66. The van der Waals surface area contributed by atoms with Gasteiger partial charge in [-0.15, -0.1) is 0 Å². The number of aryl methyl sites for hydroxylation is 3. The van der Waals surface area contributed by atoms with E-state index in [1.54, 1.807) is 0 Å². The van der Waals surface area contributed by atoms with Crippen molar-refractivity contribution in [2.75, 3.05) is 0 Å². The van der Waals surface area contributed by atoms with Crippen LogP contribution in [0.2, 0.25) is 0 Å². The fourth-order valence-corrected chi connectivity index (χ4v) is 7.44. The van der Waals surface area contributed by atoms with Gasteiger partial charge in [0.25, 0.3) is 0 Å². The summed E-state index contributed by atoms with van der Waals surface area (Å²) in [5, 5.41) is 3.89. The molecule has 0 N–H and O–H groups in total. The van der Waals surface area contributed by atoms with Crippen molar-refractivity contribution >= 4 is 32.7 Å². The minimum Gasteiger partial charge on any atom is -0.341 e. The summed E-state index contributed by atoms with van der Waals surface area (Å²) >= 11 is 0. The molecule has 0 spiro atoms. The third-order valence-electron chi connectivity index (χ3n) is 9.54. The molecule has 8 aromatic rings. The van der Waals surface area contributed by atoms with Gasteiger partial charge in [0, 0.05) is 29.6 Å². The molecule has 3 nitrogen and oxygen atoms in total. The number of rotatable bonds is 7. The van der Waals surface area contributed by atoms with Crippen LogP contribution in [0.5, 0.6) is 0 Å². The Kier molecular flexibility index (Phi) is 7.02. The Morgan fingerprint density at radius 2 is 1.07 bits per heavy atom. The van der Waals surface area contributed by atoms with E-state index in [4.69, 9.17) is 4.98 Å². The maximum atomic E-state index is 4.98. The molecule has 2 aromatic heterocycles. The predicted molar refractivity (Wildman–Crippen MR) is 195 cm³/mol. The molecule has 0 amide bonds. The van der Waals surface area contributed by atoms with Crippen molar-refractivity contribution in [3.63, 3.8) is 0 Å². The van der Waals surface area contributed by atoms with Crippen molar-refractivity contribution < 1.29 is 0 Å². The van der Waals surface area contributed by atoms with E-state index in [1.165, 1.54) is 66.3 Å². The van der Waals surface area contributed by atoms with E-state index >= 15 is 0 Å². The molecule has 0 fully saturated rings. The van der Waals surface area contributed by atoms with Crippen LogP contribution >= 0.6 is 0 Å². The lowest BCUT2D eigenvalue weighted by Gasteiger charge is -2.15. The van der Waals surface area contributed by atoms with E-state index < -0.39 is 0 Å². The van der Waals surface area contributed by atoms with Crippen molar-refractivity contribution in [2.45, 2.75) is 40.3 Å². The van der Waals surface area contributed by atoms with Crippen molar-refractivity contribution in [3.05, 3.63) is 139 Å². The number of imidazole rings is 1. The van der Waals surface area contributed by atoms with Crippen LogP contribution in [0.15, 0.2) is 133 Å². The molecule has 0 atom stereocenters. The van der Waals surface area contributed by atoms with Gasteiger partial charge in [-0.05, 0) is 82.6 Å². The third-order valence-corrected chi connectivity index (χ3v) is 9.54. The van der Waals surface area contributed by atoms with E-state index in [2.05, 4.69) is 163 Å². The topological polar surface area (TPSA) is 22.8 Å². The molecule has 224 valence electrons. The number of nitrogens with zero attached hydrogens (tertiary/aromatic N) is 3. The molecule has 2 heterocycles. The second-order valence-electron chi connectivity index (χ2n) is 12.0. The number of fused-ring (bicyclic) bond motifs is 3. The summed E-state index contributed by atoms with van der Waals surface area (Å²) in [5.41, 5.74) is 13.6. The number of aromatic nitrogens is 3. The Bertz CT molecular complexity index is 2310. The molecule has 0 aliphatic heterocycles. The first kappa shape index (κ1) is 28.1. The maximum Gasteiger partial charge on any atom is 0.141 e. The zero-order valence-electron chi connectivity index (χ0n) is 26.7. The Morgan fingerprint density at radius 3 is 1.70 bits per heavy atom. The van der Waals surface area contributed by atoms with E-state index in [-0.39, 0.29) is 0 Å². The summed E-state index contributed by atoms with van der Waals surface area (Å²) in [4.78, 5) is 4.98.